The summed E-state index contributed by atoms with van der Waals surface area (Å²) in [7, 11) is 1.71. The molecule has 2 rings (SSSR count). The van der Waals surface area contributed by atoms with Gasteiger partial charge in [-0.25, -0.2) is 0 Å². The fourth-order valence-corrected chi connectivity index (χ4v) is 2.67. The van der Waals surface area contributed by atoms with Crippen LogP contribution in [0, 0.1) is 0 Å². The zero-order valence-corrected chi connectivity index (χ0v) is 11.4. The maximum Gasteiger partial charge on any atom is 0.119 e. The second-order valence-electron chi connectivity index (χ2n) is 5.22. The van der Waals surface area contributed by atoms with Crippen molar-refractivity contribution in [2.24, 2.45) is 5.73 Å². The molecule has 1 aliphatic heterocycles. The second kappa shape index (κ2) is 6.21. The minimum atomic E-state index is 0.189. The van der Waals surface area contributed by atoms with Crippen LogP contribution in [-0.2, 0) is 0 Å². The van der Waals surface area contributed by atoms with E-state index >= 15 is 0 Å². The zero-order chi connectivity index (χ0) is 13.0. The van der Waals surface area contributed by atoms with Gasteiger partial charge in [0.1, 0.15) is 5.75 Å². The van der Waals surface area contributed by atoms with Gasteiger partial charge < -0.3 is 10.5 Å². The lowest BCUT2D eigenvalue weighted by molar-refractivity contribution is 0.227. The van der Waals surface area contributed by atoms with Gasteiger partial charge >= 0.3 is 0 Å². The van der Waals surface area contributed by atoms with Gasteiger partial charge in [-0.3, -0.25) is 4.90 Å². The molecule has 0 aromatic heterocycles. The smallest absolute Gasteiger partial charge is 0.119 e. The van der Waals surface area contributed by atoms with Crippen molar-refractivity contribution < 1.29 is 4.74 Å². The van der Waals surface area contributed by atoms with Gasteiger partial charge in [0.2, 0.25) is 0 Å². The van der Waals surface area contributed by atoms with E-state index in [1.54, 1.807) is 7.11 Å². The highest BCUT2D eigenvalue weighted by Crippen LogP contribution is 2.25. The third-order valence-corrected chi connectivity index (χ3v) is 3.87. The highest BCUT2D eigenvalue weighted by Gasteiger charge is 2.20. The van der Waals surface area contributed by atoms with Crippen molar-refractivity contribution in [2.75, 3.05) is 20.2 Å². The fraction of sp³-hybridized carbons (Fsp3) is 0.600. The Morgan fingerprint density at radius 3 is 2.72 bits per heavy atom. The van der Waals surface area contributed by atoms with Crippen molar-refractivity contribution in [1.82, 2.24) is 4.90 Å². The molecule has 3 heteroatoms. The number of methoxy groups -OCH3 is 1. The van der Waals surface area contributed by atoms with Gasteiger partial charge in [0.25, 0.3) is 0 Å². The Balaban J connectivity index is 1.95. The minimum absolute atomic E-state index is 0.189. The number of nitrogens with zero attached hydrogens (tertiary/aromatic N) is 1. The Hall–Kier alpha value is -1.06. The van der Waals surface area contributed by atoms with Gasteiger partial charge in [0.15, 0.2) is 0 Å². The van der Waals surface area contributed by atoms with E-state index in [0.29, 0.717) is 5.92 Å². The molecule has 0 aliphatic carbocycles. The lowest BCUT2D eigenvalue weighted by Gasteiger charge is -2.26. The fourth-order valence-electron chi connectivity index (χ4n) is 2.67. The summed E-state index contributed by atoms with van der Waals surface area (Å²) < 4.78 is 5.27. The van der Waals surface area contributed by atoms with E-state index in [-0.39, 0.29) is 6.17 Å². The standard InChI is InChI=1S/C15H24N2O/c1-12(10-15(16)17-8-3-4-9-17)13-6-5-7-14(11-13)18-2/h5-7,11-12,15H,3-4,8-10,16H2,1-2H3. The number of rotatable bonds is 5. The number of benzene rings is 1. The lowest BCUT2D eigenvalue weighted by atomic mass is 9.96. The molecule has 100 valence electrons. The van der Waals surface area contributed by atoms with Crippen molar-refractivity contribution >= 4 is 0 Å². The maximum absolute atomic E-state index is 6.28. The van der Waals surface area contributed by atoms with E-state index < -0.39 is 0 Å². The van der Waals surface area contributed by atoms with Crippen LogP contribution in [0.5, 0.6) is 5.75 Å². The average Bonchev–Trinajstić information content (AvgIpc) is 2.92. The Labute approximate surface area is 110 Å². The first-order chi connectivity index (χ1) is 8.70. The molecule has 0 spiro atoms. The predicted octanol–water partition coefficient (Wildman–Crippen LogP) is 2.57. The molecule has 0 saturated carbocycles. The summed E-state index contributed by atoms with van der Waals surface area (Å²) in [6.45, 7) is 4.56. The molecule has 1 heterocycles. The summed E-state index contributed by atoms with van der Waals surface area (Å²) in [5, 5.41) is 0. The Morgan fingerprint density at radius 2 is 2.06 bits per heavy atom. The Kier molecular flexibility index (Phi) is 4.61. The summed E-state index contributed by atoms with van der Waals surface area (Å²) in [6, 6.07) is 8.30. The van der Waals surface area contributed by atoms with E-state index in [1.807, 2.05) is 12.1 Å². The minimum Gasteiger partial charge on any atom is -0.497 e. The van der Waals surface area contributed by atoms with Crippen LogP contribution in [-0.4, -0.2) is 31.3 Å². The van der Waals surface area contributed by atoms with Crippen molar-refractivity contribution in [3.63, 3.8) is 0 Å². The van der Waals surface area contributed by atoms with Crippen molar-refractivity contribution in [1.29, 1.82) is 0 Å². The zero-order valence-electron chi connectivity index (χ0n) is 11.4. The maximum atomic E-state index is 6.28. The van der Waals surface area contributed by atoms with Crippen molar-refractivity contribution in [3.8, 4) is 5.75 Å². The van der Waals surface area contributed by atoms with Crippen LogP contribution < -0.4 is 10.5 Å². The monoisotopic (exact) mass is 248 g/mol. The van der Waals surface area contributed by atoms with Crippen molar-refractivity contribution in [2.45, 2.75) is 38.3 Å². The lowest BCUT2D eigenvalue weighted by Crippen LogP contribution is -2.40. The Morgan fingerprint density at radius 1 is 1.33 bits per heavy atom. The van der Waals surface area contributed by atoms with Gasteiger partial charge in [0.05, 0.1) is 13.3 Å². The molecular weight excluding hydrogens is 224 g/mol. The summed E-state index contributed by atoms with van der Waals surface area (Å²) >= 11 is 0. The van der Waals surface area contributed by atoms with Crippen LogP contribution in [0.1, 0.15) is 37.7 Å². The number of ether oxygens (including phenoxy) is 1. The summed E-state index contributed by atoms with van der Waals surface area (Å²) in [5.41, 5.74) is 7.59. The molecule has 0 bridgehead atoms. The first kappa shape index (κ1) is 13.4. The van der Waals surface area contributed by atoms with E-state index in [2.05, 4.69) is 24.0 Å². The van der Waals surface area contributed by atoms with Gasteiger partial charge in [-0.1, -0.05) is 19.1 Å². The molecule has 1 aromatic rings. The molecular formula is C15H24N2O. The van der Waals surface area contributed by atoms with Crippen LogP contribution in [0.4, 0.5) is 0 Å². The van der Waals surface area contributed by atoms with Crippen LogP contribution in [0.15, 0.2) is 24.3 Å². The molecule has 3 nitrogen and oxygen atoms in total. The van der Waals surface area contributed by atoms with Gasteiger partial charge in [-0.2, -0.15) is 0 Å². The van der Waals surface area contributed by atoms with Crippen molar-refractivity contribution in [3.05, 3.63) is 29.8 Å². The number of likely N-dealkylation sites (tertiary alicyclic amines) is 1. The first-order valence-electron chi connectivity index (χ1n) is 6.84. The van der Waals surface area contributed by atoms with Gasteiger partial charge in [0, 0.05) is 0 Å². The second-order valence-corrected chi connectivity index (χ2v) is 5.22. The predicted molar refractivity (Wildman–Crippen MR) is 74.8 cm³/mol. The summed E-state index contributed by atoms with van der Waals surface area (Å²) in [4.78, 5) is 2.40. The summed E-state index contributed by atoms with van der Waals surface area (Å²) in [5.74, 6) is 1.39. The largest absolute Gasteiger partial charge is 0.497 e. The van der Waals surface area contributed by atoms with Crippen LogP contribution in [0.25, 0.3) is 0 Å². The van der Waals surface area contributed by atoms with E-state index in [9.17, 15) is 0 Å². The summed E-state index contributed by atoms with van der Waals surface area (Å²) in [6.07, 6.45) is 3.78. The van der Waals surface area contributed by atoms with E-state index in [4.69, 9.17) is 10.5 Å². The number of hydrogen-bond donors (Lipinski definition) is 1. The normalized spacial score (nSPS) is 19.7. The molecule has 1 aliphatic rings. The third kappa shape index (κ3) is 3.24. The highest BCUT2D eigenvalue weighted by molar-refractivity contribution is 5.30. The number of nitrogens with two attached hydrogens (primary N) is 1. The molecule has 0 amide bonds. The molecule has 18 heavy (non-hydrogen) atoms. The van der Waals surface area contributed by atoms with Crippen LogP contribution in [0.2, 0.25) is 0 Å². The molecule has 0 radical (unpaired) electrons. The third-order valence-electron chi connectivity index (χ3n) is 3.87. The highest BCUT2D eigenvalue weighted by atomic mass is 16.5. The molecule has 1 saturated heterocycles. The van der Waals surface area contributed by atoms with E-state index in [0.717, 1.165) is 25.3 Å². The molecule has 1 aromatic carbocycles. The molecule has 2 atom stereocenters. The molecule has 2 N–H and O–H groups in total. The van der Waals surface area contributed by atoms with E-state index in [1.165, 1.54) is 18.4 Å². The average molecular weight is 248 g/mol. The Bertz CT molecular complexity index is 375. The number of hydrogen-bond acceptors (Lipinski definition) is 3. The molecule has 1 fully saturated rings. The SMILES string of the molecule is COc1cccc(C(C)CC(N)N2CCCC2)c1. The van der Waals surface area contributed by atoms with Crippen LogP contribution in [0.3, 0.4) is 0 Å². The molecule has 2 unspecified atom stereocenters. The van der Waals surface area contributed by atoms with Gasteiger partial charge in [-0.05, 0) is 56.0 Å². The first-order valence-corrected chi connectivity index (χ1v) is 6.84. The quantitative estimate of drug-likeness (QED) is 0.870. The van der Waals surface area contributed by atoms with Gasteiger partial charge in [-0.15, -0.1) is 0 Å². The van der Waals surface area contributed by atoms with Crippen LogP contribution >= 0.6 is 0 Å². The topological polar surface area (TPSA) is 38.5 Å².